The molecule has 34 heavy (non-hydrogen) atoms. The van der Waals surface area contributed by atoms with E-state index in [-0.39, 0.29) is 36.0 Å². The van der Waals surface area contributed by atoms with Crippen molar-refractivity contribution in [3.8, 4) is 11.1 Å². The van der Waals surface area contributed by atoms with Gasteiger partial charge in [-0.3, -0.25) is 9.59 Å². The van der Waals surface area contributed by atoms with Crippen LogP contribution in [0.25, 0.3) is 11.1 Å². The Morgan fingerprint density at radius 1 is 0.588 bits per heavy atom. The third kappa shape index (κ3) is 5.54. The first kappa shape index (κ1) is 27.6. The molecule has 0 aromatic heterocycles. The van der Waals surface area contributed by atoms with Crippen molar-refractivity contribution in [3.63, 3.8) is 0 Å². The van der Waals surface area contributed by atoms with Crippen LogP contribution in [-0.4, -0.2) is 45.8 Å². The molecule has 0 N–H and O–H groups in total. The summed E-state index contributed by atoms with van der Waals surface area (Å²) in [6.07, 6.45) is 1.50. The van der Waals surface area contributed by atoms with Crippen molar-refractivity contribution in [2.75, 3.05) is 0 Å². The molecule has 0 aliphatic rings. The fourth-order valence-electron chi connectivity index (χ4n) is 5.13. The second-order valence-electron chi connectivity index (χ2n) is 10.2. The maximum Gasteiger partial charge on any atom is 0.255 e. The van der Waals surface area contributed by atoms with Crippen LogP contribution < -0.4 is 0 Å². The summed E-state index contributed by atoms with van der Waals surface area (Å²) in [4.78, 5) is 31.9. The van der Waals surface area contributed by atoms with E-state index in [0.29, 0.717) is 0 Å². The Kier molecular flexibility index (Phi) is 9.49. The summed E-state index contributed by atoms with van der Waals surface area (Å²) in [5.74, 6) is 0.0599. The van der Waals surface area contributed by atoms with Crippen LogP contribution in [0.3, 0.4) is 0 Å². The first-order chi connectivity index (χ1) is 16.0. The Balaban J connectivity index is 2.89. The van der Waals surface area contributed by atoms with Gasteiger partial charge in [-0.1, -0.05) is 50.2 Å². The van der Waals surface area contributed by atoms with Crippen LogP contribution >= 0.6 is 0 Å². The molecule has 0 radical (unpaired) electrons. The third-order valence-corrected chi connectivity index (χ3v) is 6.48. The molecule has 4 nitrogen and oxygen atoms in total. The van der Waals surface area contributed by atoms with Gasteiger partial charge in [0.15, 0.2) is 0 Å². The third-order valence-electron chi connectivity index (χ3n) is 6.48. The molecule has 0 atom stereocenters. The molecule has 186 valence electrons. The average molecular weight is 465 g/mol. The van der Waals surface area contributed by atoms with Gasteiger partial charge in [0.25, 0.3) is 11.8 Å². The maximum atomic E-state index is 14.0. The highest BCUT2D eigenvalue weighted by Gasteiger charge is 2.30. The number of rotatable bonds is 9. The molecular formula is C30H44N2O2. The summed E-state index contributed by atoms with van der Waals surface area (Å²) in [6, 6.07) is 12.4. The van der Waals surface area contributed by atoms with Crippen LogP contribution in [0.2, 0.25) is 0 Å². The predicted molar refractivity (Wildman–Crippen MR) is 144 cm³/mol. The van der Waals surface area contributed by atoms with Gasteiger partial charge in [0.05, 0.1) is 11.1 Å². The number of hydrogen-bond donors (Lipinski definition) is 0. The minimum Gasteiger partial charge on any atom is -0.334 e. The number of carbonyl (C=O) groups is 2. The quantitative estimate of drug-likeness (QED) is 0.401. The van der Waals surface area contributed by atoms with Crippen molar-refractivity contribution in [1.82, 2.24) is 9.80 Å². The maximum absolute atomic E-state index is 14.0. The predicted octanol–water partition coefficient (Wildman–Crippen LogP) is 7.00. The van der Waals surface area contributed by atoms with Crippen molar-refractivity contribution in [1.29, 1.82) is 0 Å². The summed E-state index contributed by atoms with van der Waals surface area (Å²) in [5.41, 5.74) is 5.16. The van der Waals surface area contributed by atoms with E-state index in [0.717, 1.165) is 46.2 Å². The topological polar surface area (TPSA) is 40.6 Å². The normalized spacial score (nSPS) is 11.6. The number of amides is 2. The molecule has 2 aromatic carbocycles. The van der Waals surface area contributed by atoms with E-state index < -0.39 is 0 Å². The lowest BCUT2D eigenvalue weighted by Gasteiger charge is -2.34. The Hall–Kier alpha value is -2.62. The zero-order chi connectivity index (χ0) is 25.7. The van der Waals surface area contributed by atoms with Gasteiger partial charge < -0.3 is 9.80 Å². The highest BCUT2D eigenvalue weighted by atomic mass is 16.2. The van der Waals surface area contributed by atoms with Gasteiger partial charge in [-0.2, -0.15) is 0 Å². The molecule has 2 amide bonds. The van der Waals surface area contributed by atoms with E-state index in [1.807, 2.05) is 46.2 Å². The summed E-state index contributed by atoms with van der Waals surface area (Å²) >= 11 is 0. The number of hydrogen-bond acceptors (Lipinski definition) is 2. The first-order valence-electron chi connectivity index (χ1n) is 12.9. The minimum atomic E-state index is 0.0299. The van der Waals surface area contributed by atoms with E-state index in [9.17, 15) is 9.59 Å². The van der Waals surface area contributed by atoms with Crippen molar-refractivity contribution in [2.45, 2.75) is 106 Å². The van der Waals surface area contributed by atoms with Crippen molar-refractivity contribution in [2.24, 2.45) is 0 Å². The SMILES string of the molecule is CCc1cccc(-c2cccc(CC)c2C(=O)N(C(C)C)C(C)C)c1C(=O)N(C(C)C)C(C)C. The minimum absolute atomic E-state index is 0.0299. The summed E-state index contributed by atoms with van der Waals surface area (Å²) in [7, 11) is 0. The van der Waals surface area contributed by atoms with E-state index in [4.69, 9.17) is 0 Å². The zero-order valence-electron chi connectivity index (χ0n) is 22.9. The van der Waals surface area contributed by atoms with Crippen LogP contribution in [0.4, 0.5) is 0 Å². The molecule has 0 bridgehead atoms. The van der Waals surface area contributed by atoms with Crippen LogP contribution in [0.5, 0.6) is 0 Å². The molecule has 0 saturated carbocycles. The molecule has 0 saturated heterocycles. The van der Waals surface area contributed by atoms with Crippen LogP contribution in [0.1, 0.15) is 101 Å². The molecule has 2 rings (SSSR count). The van der Waals surface area contributed by atoms with Gasteiger partial charge in [-0.05, 0) is 90.5 Å². The van der Waals surface area contributed by atoms with Gasteiger partial charge in [-0.15, -0.1) is 0 Å². The van der Waals surface area contributed by atoms with Crippen molar-refractivity contribution in [3.05, 3.63) is 58.7 Å². The standard InChI is InChI=1S/C30H44N2O2/c1-11-23-15-13-17-25(27(23)29(33)31(19(3)4)20(5)6)26-18-14-16-24(12-2)28(26)30(34)32(21(7)8)22(9)10/h13-22H,11-12H2,1-10H3. The van der Waals surface area contributed by atoms with Gasteiger partial charge in [0.2, 0.25) is 0 Å². The van der Waals surface area contributed by atoms with E-state index in [1.165, 1.54) is 0 Å². The molecular weight excluding hydrogens is 420 g/mol. The second kappa shape index (κ2) is 11.7. The summed E-state index contributed by atoms with van der Waals surface area (Å²) < 4.78 is 0. The number of aryl methyl sites for hydroxylation is 2. The Morgan fingerprint density at radius 3 is 1.12 bits per heavy atom. The zero-order valence-corrected chi connectivity index (χ0v) is 22.9. The Bertz CT molecular complexity index is 907. The van der Waals surface area contributed by atoms with Gasteiger partial charge in [-0.25, -0.2) is 0 Å². The van der Waals surface area contributed by atoms with Crippen LogP contribution in [0.15, 0.2) is 36.4 Å². The molecule has 0 unspecified atom stereocenters. The fourth-order valence-corrected chi connectivity index (χ4v) is 5.13. The highest BCUT2D eigenvalue weighted by molar-refractivity contribution is 6.08. The van der Waals surface area contributed by atoms with Crippen LogP contribution in [0, 0.1) is 0 Å². The highest BCUT2D eigenvalue weighted by Crippen LogP contribution is 2.34. The second-order valence-corrected chi connectivity index (χ2v) is 10.2. The largest absolute Gasteiger partial charge is 0.334 e. The number of carbonyl (C=O) groups excluding carboxylic acids is 2. The molecule has 0 heterocycles. The monoisotopic (exact) mass is 464 g/mol. The lowest BCUT2D eigenvalue weighted by atomic mass is 9.87. The van der Waals surface area contributed by atoms with E-state index in [2.05, 4.69) is 69.2 Å². The van der Waals surface area contributed by atoms with Crippen molar-refractivity contribution >= 4 is 11.8 Å². The smallest absolute Gasteiger partial charge is 0.255 e. The van der Waals surface area contributed by atoms with Crippen molar-refractivity contribution < 1.29 is 9.59 Å². The van der Waals surface area contributed by atoms with Gasteiger partial charge in [0, 0.05) is 24.2 Å². The Labute approximate surface area is 207 Å². The molecule has 2 aromatic rings. The van der Waals surface area contributed by atoms with Gasteiger partial charge in [0.1, 0.15) is 0 Å². The fraction of sp³-hybridized carbons (Fsp3) is 0.533. The van der Waals surface area contributed by atoms with E-state index in [1.54, 1.807) is 0 Å². The lowest BCUT2D eigenvalue weighted by molar-refractivity contribution is 0.0631. The average Bonchev–Trinajstić information content (AvgIpc) is 2.76. The molecule has 0 fully saturated rings. The number of benzene rings is 2. The summed E-state index contributed by atoms with van der Waals surface area (Å²) in [6.45, 7) is 20.6. The first-order valence-corrected chi connectivity index (χ1v) is 12.9. The Morgan fingerprint density at radius 2 is 0.882 bits per heavy atom. The molecule has 0 spiro atoms. The van der Waals surface area contributed by atoms with Gasteiger partial charge >= 0.3 is 0 Å². The molecule has 0 aliphatic carbocycles. The number of nitrogens with zero attached hydrogens (tertiary/aromatic N) is 2. The van der Waals surface area contributed by atoms with Crippen LogP contribution in [-0.2, 0) is 12.8 Å². The molecule has 4 heteroatoms. The van der Waals surface area contributed by atoms with E-state index >= 15 is 0 Å². The lowest BCUT2D eigenvalue weighted by Crippen LogP contribution is -2.43. The summed E-state index contributed by atoms with van der Waals surface area (Å²) in [5, 5.41) is 0. The molecule has 0 aliphatic heterocycles.